The van der Waals surface area contributed by atoms with Crippen LogP contribution in [0.2, 0.25) is 5.02 Å². The van der Waals surface area contributed by atoms with Gasteiger partial charge < -0.3 is 9.73 Å². The molecule has 1 aromatic carbocycles. The van der Waals surface area contributed by atoms with Crippen LogP contribution in [-0.4, -0.2) is 10.9 Å². The third-order valence-electron chi connectivity index (χ3n) is 3.51. The second kappa shape index (κ2) is 6.84. The number of nitrogens with zero attached hydrogens (tertiary/aromatic N) is 1. The standard InChI is InChI=1S/C18H14ClFN2O2/c1-11(15-7-6-12(19)10-21-15)22-18(23)17-9-8-16(24-17)13-4-2-3-5-14(13)20/h2-11H,1H3,(H,22,23)/t11-/m0/s1. The van der Waals surface area contributed by atoms with Crippen molar-refractivity contribution in [3.05, 3.63) is 77.0 Å². The minimum atomic E-state index is -0.405. The van der Waals surface area contributed by atoms with Crippen molar-refractivity contribution in [2.45, 2.75) is 13.0 Å². The van der Waals surface area contributed by atoms with Crippen LogP contribution in [0.15, 0.2) is 59.1 Å². The van der Waals surface area contributed by atoms with Gasteiger partial charge in [0.25, 0.3) is 5.91 Å². The van der Waals surface area contributed by atoms with E-state index < -0.39 is 11.7 Å². The molecule has 0 spiro atoms. The SMILES string of the molecule is C[C@H](NC(=O)c1ccc(-c2ccccc2F)o1)c1ccc(Cl)cn1. The van der Waals surface area contributed by atoms with Crippen LogP contribution in [0, 0.1) is 5.82 Å². The first kappa shape index (κ1) is 16.2. The van der Waals surface area contributed by atoms with Crippen molar-refractivity contribution < 1.29 is 13.6 Å². The normalized spacial score (nSPS) is 12.0. The monoisotopic (exact) mass is 344 g/mol. The van der Waals surface area contributed by atoms with Crippen molar-refractivity contribution in [3.8, 4) is 11.3 Å². The summed E-state index contributed by atoms with van der Waals surface area (Å²) in [5, 5.41) is 3.31. The van der Waals surface area contributed by atoms with Gasteiger partial charge in [-0.1, -0.05) is 23.7 Å². The quantitative estimate of drug-likeness (QED) is 0.751. The lowest BCUT2D eigenvalue weighted by molar-refractivity contribution is 0.0912. The molecule has 0 saturated carbocycles. The summed E-state index contributed by atoms with van der Waals surface area (Å²) < 4.78 is 19.2. The van der Waals surface area contributed by atoms with Crippen LogP contribution in [0.5, 0.6) is 0 Å². The Labute approximate surface area is 143 Å². The van der Waals surface area contributed by atoms with E-state index in [1.165, 1.54) is 18.3 Å². The summed E-state index contributed by atoms with van der Waals surface area (Å²) in [5.41, 5.74) is 0.984. The molecule has 24 heavy (non-hydrogen) atoms. The van der Waals surface area contributed by atoms with Crippen molar-refractivity contribution in [3.63, 3.8) is 0 Å². The maximum absolute atomic E-state index is 13.8. The van der Waals surface area contributed by atoms with Gasteiger partial charge in [0, 0.05) is 6.20 Å². The van der Waals surface area contributed by atoms with E-state index in [2.05, 4.69) is 10.3 Å². The fourth-order valence-electron chi connectivity index (χ4n) is 2.25. The number of hydrogen-bond acceptors (Lipinski definition) is 3. The van der Waals surface area contributed by atoms with Gasteiger partial charge in [-0.15, -0.1) is 0 Å². The molecule has 1 atom stereocenters. The van der Waals surface area contributed by atoms with Gasteiger partial charge >= 0.3 is 0 Å². The highest BCUT2D eigenvalue weighted by Crippen LogP contribution is 2.25. The summed E-state index contributed by atoms with van der Waals surface area (Å²) in [6.45, 7) is 1.80. The van der Waals surface area contributed by atoms with E-state index in [0.717, 1.165) is 0 Å². The zero-order valence-corrected chi connectivity index (χ0v) is 13.5. The molecule has 122 valence electrons. The highest BCUT2D eigenvalue weighted by molar-refractivity contribution is 6.30. The molecule has 6 heteroatoms. The second-order valence-corrected chi connectivity index (χ2v) is 5.68. The Balaban J connectivity index is 1.74. The average Bonchev–Trinajstić information content (AvgIpc) is 3.05. The molecule has 4 nitrogen and oxygen atoms in total. The fraction of sp³-hybridized carbons (Fsp3) is 0.111. The summed E-state index contributed by atoms with van der Waals surface area (Å²) in [6, 6.07) is 12.4. The van der Waals surface area contributed by atoms with Gasteiger partial charge in [0.2, 0.25) is 0 Å². The van der Waals surface area contributed by atoms with Gasteiger partial charge in [-0.3, -0.25) is 9.78 Å². The van der Waals surface area contributed by atoms with Crippen LogP contribution in [-0.2, 0) is 0 Å². The number of pyridine rings is 1. The van der Waals surface area contributed by atoms with Crippen LogP contribution >= 0.6 is 11.6 Å². The molecular formula is C18H14ClFN2O2. The Hall–Kier alpha value is -2.66. The van der Waals surface area contributed by atoms with E-state index in [-0.39, 0.29) is 11.8 Å². The highest BCUT2D eigenvalue weighted by atomic mass is 35.5. The lowest BCUT2D eigenvalue weighted by Crippen LogP contribution is -2.26. The topological polar surface area (TPSA) is 55.1 Å². The predicted molar refractivity (Wildman–Crippen MR) is 89.2 cm³/mol. The number of carbonyl (C=O) groups excluding carboxylic acids is 1. The molecule has 0 saturated heterocycles. The van der Waals surface area contributed by atoms with E-state index in [1.54, 1.807) is 43.3 Å². The first-order chi connectivity index (χ1) is 11.5. The molecule has 1 N–H and O–H groups in total. The lowest BCUT2D eigenvalue weighted by atomic mass is 10.1. The average molecular weight is 345 g/mol. The number of rotatable bonds is 4. The third kappa shape index (κ3) is 3.46. The molecule has 2 heterocycles. The number of furan rings is 1. The van der Waals surface area contributed by atoms with Crippen molar-refractivity contribution >= 4 is 17.5 Å². The van der Waals surface area contributed by atoms with Gasteiger partial charge in [0.15, 0.2) is 5.76 Å². The molecule has 1 amide bonds. The summed E-state index contributed by atoms with van der Waals surface area (Å²) >= 11 is 5.80. The molecule has 0 bridgehead atoms. The largest absolute Gasteiger partial charge is 0.451 e. The molecule has 0 aliphatic carbocycles. The number of amides is 1. The van der Waals surface area contributed by atoms with Crippen molar-refractivity contribution in [1.29, 1.82) is 0 Å². The molecule has 3 aromatic rings. The van der Waals surface area contributed by atoms with E-state index in [1.807, 2.05) is 0 Å². The summed E-state index contributed by atoms with van der Waals surface area (Å²) in [4.78, 5) is 16.4. The van der Waals surface area contributed by atoms with E-state index in [4.69, 9.17) is 16.0 Å². The van der Waals surface area contributed by atoms with Crippen molar-refractivity contribution in [1.82, 2.24) is 10.3 Å². The zero-order valence-electron chi connectivity index (χ0n) is 12.8. The van der Waals surface area contributed by atoms with E-state index in [0.29, 0.717) is 22.0 Å². The first-order valence-corrected chi connectivity index (χ1v) is 7.69. The van der Waals surface area contributed by atoms with Crippen LogP contribution in [0.1, 0.15) is 29.2 Å². The number of halogens is 2. The molecule has 0 aliphatic heterocycles. The maximum atomic E-state index is 13.8. The Morgan fingerprint density at radius 1 is 1.21 bits per heavy atom. The van der Waals surface area contributed by atoms with E-state index >= 15 is 0 Å². The van der Waals surface area contributed by atoms with Crippen LogP contribution in [0.4, 0.5) is 4.39 Å². The second-order valence-electron chi connectivity index (χ2n) is 5.24. The smallest absolute Gasteiger partial charge is 0.287 e. The van der Waals surface area contributed by atoms with Gasteiger partial charge in [0.05, 0.1) is 22.3 Å². The maximum Gasteiger partial charge on any atom is 0.287 e. The highest BCUT2D eigenvalue weighted by Gasteiger charge is 2.17. The Bertz CT molecular complexity index is 861. The Morgan fingerprint density at radius 3 is 2.71 bits per heavy atom. The molecule has 0 fully saturated rings. The molecule has 0 unspecified atom stereocenters. The molecular weight excluding hydrogens is 331 g/mol. The number of carbonyl (C=O) groups is 1. The van der Waals surface area contributed by atoms with Crippen LogP contribution in [0.3, 0.4) is 0 Å². The first-order valence-electron chi connectivity index (χ1n) is 7.31. The minimum Gasteiger partial charge on any atom is -0.451 e. The van der Waals surface area contributed by atoms with Crippen molar-refractivity contribution in [2.24, 2.45) is 0 Å². The predicted octanol–water partition coefficient (Wildman–Crippen LogP) is 4.63. The molecule has 0 aliphatic rings. The fourth-order valence-corrected chi connectivity index (χ4v) is 2.36. The Kier molecular flexibility index (Phi) is 4.62. The van der Waals surface area contributed by atoms with Crippen molar-refractivity contribution in [2.75, 3.05) is 0 Å². The summed E-state index contributed by atoms with van der Waals surface area (Å²) in [7, 11) is 0. The van der Waals surface area contributed by atoms with Crippen LogP contribution < -0.4 is 5.32 Å². The van der Waals surface area contributed by atoms with E-state index in [9.17, 15) is 9.18 Å². The summed E-state index contributed by atoms with van der Waals surface area (Å²) in [5.74, 6) is -0.399. The number of benzene rings is 1. The molecule has 0 radical (unpaired) electrons. The number of hydrogen-bond donors (Lipinski definition) is 1. The molecule has 3 rings (SSSR count). The number of aromatic nitrogens is 1. The van der Waals surface area contributed by atoms with Gasteiger partial charge in [0.1, 0.15) is 11.6 Å². The van der Waals surface area contributed by atoms with Gasteiger partial charge in [-0.25, -0.2) is 4.39 Å². The third-order valence-corrected chi connectivity index (χ3v) is 3.73. The minimum absolute atomic E-state index is 0.106. The van der Waals surface area contributed by atoms with Gasteiger partial charge in [-0.05, 0) is 43.3 Å². The molecule has 2 aromatic heterocycles. The lowest BCUT2D eigenvalue weighted by Gasteiger charge is -2.12. The van der Waals surface area contributed by atoms with Crippen LogP contribution in [0.25, 0.3) is 11.3 Å². The number of nitrogens with one attached hydrogen (secondary N) is 1. The Morgan fingerprint density at radius 2 is 2.00 bits per heavy atom. The zero-order chi connectivity index (χ0) is 17.1. The summed E-state index contributed by atoms with van der Waals surface area (Å²) in [6.07, 6.45) is 1.52. The van der Waals surface area contributed by atoms with Gasteiger partial charge in [-0.2, -0.15) is 0 Å².